The zero-order chi connectivity index (χ0) is 35.1. The van der Waals surface area contributed by atoms with Crippen molar-refractivity contribution in [2.45, 2.75) is 88.2 Å². The van der Waals surface area contributed by atoms with E-state index in [1.165, 1.54) is 4.90 Å². The van der Waals surface area contributed by atoms with E-state index in [0.29, 0.717) is 24.8 Å². The lowest BCUT2D eigenvalue weighted by Gasteiger charge is -2.41. The number of nitrogens with zero attached hydrogens (tertiary/aromatic N) is 2. The number of amides is 3. The van der Waals surface area contributed by atoms with Gasteiger partial charge in [-0.05, 0) is 43.7 Å². The molecule has 8 atom stereocenters. The Morgan fingerprint density at radius 2 is 1.78 bits per heavy atom. The van der Waals surface area contributed by atoms with Gasteiger partial charge >= 0.3 is 5.97 Å². The minimum Gasteiger partial charge on any atom is -0.463 e. The number of carbonyl (C=O) groups is 4. The molecule has 10 nitrogen and oxygen atoms in total. The smallest absolute Gasteiger partial charge is 0.306 e. The van der Waals surface area contributed by atoms with Crippen LogP contribution < -0.4 is 5.32 Å². The van der Waals surface area contributed by atoms with Crippen molar-refractivity contribution >= 4 is 23.7 Å². The summed E-state index contributed by atoms with van der Waals surface area (Å²) in [6.45, 7) is 11.4. The first-order chi connectivity index (χ1) is 23.7. The fourth-order valence-electron chi connectivity index (χ4n) is 8.04. The lowest BCUT2D eigenvalue weighted by molar-refractivity contribution is -0.152. The van der Waals surface area contributed by atoms with Crippen molar-refractivity contribution in [2.75, 3.05) is 19.8 Å². The Bertz CT molecular complexity index is 1500. The van der Waals surface area contributed by atoms with Crippen LogP contribution in [-0.2, 0) is 28.7 Å². The Kier molecular flexibility index (Phi) is 11.7. The van der Waals surface area contributed by atoms with Crippen LogP contribution in [0.5, 0.6) is 0 Å². The van der Waals surface area contributed by atoms with Gasteiger partial charge in [0.1, 0.15) is 18.2 Å². The van der Waals surface area contributed by atoms with Crippen LogP contribution in [0.15, 0.2) is 86.0 Å². The lowest BCUT2D eigenvalue weighted by atomic mass is 9.70. The molecule has 0 aromatic heterocycles. The summed E-state index contributed by atoms with van der Waals surface area (Å²) in [6, 6.07) is 15.7. The maximum Gasteiger partial charge on any atom is 0.306 e. The van der Waals surface area contributed by atoms with Crippen molar-refractivity contribution in [1.82, 2.24) is 15.1 Å². The van der Waals surface area contributed by atoms with Crippen molar-refractivity contribution in [3.05, 3.63) is 97.1 Å². The molecule has 3 fully saturated rings. The van der Waals surface area contributed by atoms with Crippen LogP contribution in [0.4, 0.5) is 0 Å². The number of esters is 1. The van der Waals surface area contributed by atoms with Crippen LogP contribution in [0, 0.1) is 11.8 Å². The van der Waals surface area contributed by atoms with Crippen molar-refractivity contribution in [2.24, 2.45) is 11.8 Å². The number of rotatable bonds is 17. The van der Waals surface area contributed by atoms with Gasteiger partial charge in [0, 0.05) is 19.0 Å². The molecule has 2 aromatic rings. The van der Waals surface area contributed by atoms with Crippen molar-refractivity contribution in [3.8, 4) is 0 Å². The minimum absolute atomic E-state index is 0.0899. The zero-order valence-electron chi connectivity index (χ0n) is 28.5. The molecule has 262 valence electrons. The van der Waals surface area contributed by atoms with Crippen LogP contribution in [0.1, 0.15) is 75.6 Å². The Hall–Kier alpha value is -4.28. The van der Waals surface area contributed by atoms with Gasteiger partial charge in [-0.2, -0.15) is 0 Å². The molecular weight excluding hydrogens is 622 g/mol. The van der Waals surface area contributed by atoms with Gasteiger partial charge in [0.2, 0.25) is 17.7 Å². The quantitative estimate of drug-likeness (QED) is 0.185. The molecule has 3 heterocycles. The molecule has 2 aromatic carbocycles. The Morgan fingerprint density at radius 3 is 2.39 bits per heavy atom. The van der Waals surface area contributed by atoms with E-state index in [1.54, 1.807) is 17.1 Å². The van der Waals surface area contributed by atoms with E-state index in [1.807, 2.05) is 67.6 Å². The Morgan fingerprint density at radius 1 is 1.10 bits per heavy atom. The fourth-order valence-corrected chi connectivity index (χ4v) is 8.04. The minimum atomic E-state index is -1.26. The van der Waals surface area contributed by atoms with Crippen LogP contribution in [0.3, 0.4) is 0 Å². The second kappa shape index (κ2) is 16.0. The number of allylic oxidation sites excluding steroid dienone is 1. The third-order valence-electron chi connectivity index (χ3n) is 10.3. The number of benzene rings is 2. The standard InChI is InChI=1S/C39H49N3O7/c1-5-8-20-32(44)48-25-29(27-16-11-9-12-17-27)40-36(45)33-31-21-22-39(49-31)34(33)37(46)42(30(24-43)28-18-13-10-14-19-28)35(39)38(47)41(23-7-3)26(4)15-6-2/h5,7,9-14,16-19,26,29-31,33-35,43H,1,3,6,8,15,20-25H2,2,4H3,(H,40,45)/t26?,29-,30-,31+,33-,34-,35+,39-/m1/s1. The first-order valence-electron chi connectivity index (χ1n) is 17.4. The third-order valence-corrected chi connectivity index (χ3v) is 10.3. The van der Waals surface area contributed by atoms with Gasteiger partial charge in [-0.15, -0.1) is 13.2 Å². The average molecular weight is 672 g/mol. The number of hydrogen-bond acceptors (Lipinski definition) is 7. The molecule has 2 N–H and O–H groups in total. The monoisotopic (exact) mass is 671 g/mol. The highest BCUT2D eigenvalue weighted by molar-refractivity contribution is 5.99. The van der Waals surface area contributed by atoms with Crippen molar-refractivity contribution in [1.29, 1.82) is 0 Å². The van der Waals surface area contributed by atoms with E-state index < -0.39 is 66.1 Å². The average Bonchev–Trinajstić information content (AvgIpc) is 3.76. The van der Waals surface area contributed by atoms with Gasteiger partial charge < -0.3 is 29.7 Å². The number of carbonyl (C=O) groups excluding carboxylic acids is 4. The largest absolute Gasteiger partial charge is 0.463 e. The van der Waals surface area contributed by atoms with Gasteiger partial charge in [0.05, 0.1) is 36.6 Å². The summed E-state index contributed by atoms with van der Waals surface area (Å²) in [4.78, 5) is 59.6. The van der Waals surface area contributed by atoms with Crippen LogP contribution in [-0.4, -0.2) is 82.1 Å². The van der Waals surface area contributed by atoms with Gasteiger partial charge in [-0.1, -0.05) is 86.2 Å². The molecule has 10 heteroatoms. The van der Waals surface area contributed by atoms with E-state index in [-0.39, 0.29) is 31.5 Å². The molecule has 5 rings (SSSR count). The number of hydrogen-bond donors (Lipinski definition) is 2. The maximum absolute atomic E-state index is 14.8. The third kappa shape index (κ3) is 7.07. The lowest BCUT2D eigenvalue weighted by Crippen LogP contribution is -2.58. The molecule has 3 aliphatic heterocycles. The van der Waals surface area contributed by atoms with E-state index in [0.717, 1.165) is 18.4 Å². The number of nitrogens with one attached hydrogen (secondary N) is 1. The molecule has 0 aliphatic carbocycles. The highest BCUT2D eigenvalue weighted by Crippen LogP contribution is 2.60. The molecule has 3 aliphatic rings. The molecule has 3 amide bonds. The second-order valence-electron chi connectivity index (χ2n) is 13.3. The molecule has 0 saturated carbocycles. The van der Waals surface area contributed by atoms with Crippen molar-refractivity contribution in [3.63, 3.8) is 0 Å². The first-order valence-corrected chi connectivity index (χ1v) is 17.4. The molecule has 2 bridgehead atoms. The SMILES string of the molecule is C=CCCC(=O)OC[C@@H](NC(=O)[C@@H]1[C@@H]2CC[C@]3(O2)[C@H](C(=O)N(CC=C)C(C)CCC)N([C@H](CO)c2ccccc2)C(=O)[C@@H]13)c1ccccc1. The van der Waals surface area contributed by atoms with Crippen LogP contribution in [0.25, 0.3) is 0 Å². The Labute approximate surface area is 289 Å². The number of fused-ring (bicyclic) bond motifs is 1. The summed E-state index contributed by atoms with van der Waals surface area (Å²) in [7, 11) is 0. The van der Waals surface area contributed by atoms with Gasteiger partial charge in [0.25, 0.3) is 0 Å². The Balaban J connectivity index is 1.51. The fraction of sp³-hybridized carbons (Fsp3) is 0.487. The van der Waals surface area contributed by atoms with Gasteiger partial charge in [-0.3, -0.25) is 19.2 Å². The van der Waals surface area contributed by atoms with Gasteiger partial charge in [-0.25, -0.2) is 0 Å². The van der Waals surface area contributed by atoms with Crippen molar-refractivity contribution < 1.29 is 33.8 Å². The predicted molar refractivity (Wildman–Crippen MR) is 185 cm³/mol. The van der Waals surface area contributed by atoms with Gasteiger partial charge in [0.15, 0.2) is 0 Å². The summed E-state index contributed by atoms with van der Waals surface area (Å²) in [5.74, 6) is -3.32. The normalized spacial score (nSPS) is 25.6. The summed E-state index contributed by atoms with van der Waals surface area (Å²) in [5, 5.41) is 13.9. The number of likely N-dealkylation sites (tertiary alicyclic amines) is 1. The second-order valence-corrected chi connectivity index (χ2v) is 13.3. The molecule has 49 heavy (non-hydrogen) atoms. The van der Waals surface area contributed by atoms with E-state index in [2.05, 4.69) is 25.4 Å². The van der Waals surface area contributed by atoms with Crippen LogP contribution in [0.2, 0.25) is 0 Å². The summed E-state index contributed by atoms with van der Waals surface area (Å²) >= 11 is 0. The summed E-state index contributed by atoms with van der Waals surface area (Å²) < 4.78 is 12.3. The predicted octanol–water partition coefficient (Wildman–Crippen LogP) is 4.66. The van der Waals surface area contributed by atoms with Crippen LogP contribution >= 0.6 is 0 Å². The molecule has 1 unspecified atom stereocenters. The van der Waals surface area contributed by atoms with E-state index in [4.69, 9.17) is 9.47 Å². The maximum atomic E-state index is 14.8. The van der Waals surface area contributed by atoms with E-state index >= 15 is 0 Å². The molecular formula is C39H49N3O7. The topological polar surface area (TPSA) is 125 Å². The number of aliphatic hydroxyl groups is 1. The number of ether oxygens (including phenoxy) is 2. The number of aliphatic hydroxyl groups excluding tert-OH is 1. The highest BCUT2D eigenvalue weighted by atomic mass is 16.5. The molecule has 1 spiro atoms. The van der Waals surface area contributed by atoms with E-state index in [9.17, 15) is 24.3 Å². The zero-order valence-corrected chi connectivity index (χ0v) is 28.5. The summed E-state index contributed by atoms with van der Waals surface area (Å²) in [6.07, 6.45) is 5.92. The molecule has 3 saturated heterocycles. The molecule has 0 radical (unpaired) electrons. The highest BCUT2D eigenvalue weighted by Gasteiger charge is 2.75. The first kappa shape index (κ1) is 36.0. The summed E-state index contributed by atoms with van der Waals surface area (Å²) in [5.41, 5.74) is 0.170.